The summed E-state index contributed by atoms with van der Waals surface area (Å²) in [6.45, 7) is 3.83. The zero-order valence-corrected chi connectivity index (χ0v) is 11.5. The number of hydrogen-bond donors (Lipinski definition) is 2. The molecule has 1 atom stereocenters. The van der Waals surface area contributed by atoms with Crippen LogP contribution in [0.3, 0.4) is 0 Å². The Balaban J connectivity index is 2.18. The second kappa shape index (κ2) is 6.15. The van der Waals surface area contributed by atoms with Crippen LogP contribution in [0.1, 0.15) is 43.7 Å². The highest BCUT2D eigenvalue weighted by molar-refractivity contribution is 5.95. The molecule has 0 radical (unpaired) electrons. The van der Waals surface area contributed by atoms with Crippen LogP contribution in [0.15, 0.2) is 18.2 Å². The van der Waals surface area contributed by atoms with Crippen molar-refractivity contribution in [2.24, 2.45) is 5.73 Å². The quantitative estimate of drug-likeness (QED) is 0.648. The van der Waals surface area contributed by atoms with Crippen LogP contribution < -0.4 is 5.73 Å². The van der Waals surface area contributed by atoms with Crippen LogP contribution in [0.5, 0.6) is 0 Å². The number of nitrogens with one attached hydrogen (secondary N) is 1. The molecule has 104 valence electrons. The van der Waals surface area contributed by atoms with E-state index in [9.17, 15) is 4.39 Å². The second-order valence-electron chi connectivity index (χ2n) is 5.22. The maximum Gasteiger partial charge on any atom is 0.138 e. The number of benzene rings is 1. The molecular weight excluding hydrogens is 241 g/mol. The molecule has 0 amide bonds. The van der Waals surface area contributed by atoms with Crippen molar-refractivity contribution in [3.05, 3.63) is 35.1 Å². The fraction of sp³-hybridized carbons (Fsp3) is 0.533. The lowest BCUT2D eigenvalue weighted by Gasteiger charge is -2.35. The molecule has 1 fully saturated rings. The number of halogens is 1. The fourth-order valence-electron chi connectivity index (χ4n) is 2.86. The minimum Gasteiger partial charge on any atom is -0.384 e. The number of nitrogen functional groups attached to an aromatic ring is 1. The monoisotopic (exact) mass is 263 g/mol. The summed E-state index contributed by atoms with van der Waals surface area (Å²) in [5.74, 6) is -0.541. The molecule has 19 heavy (non-hydrogen) atoms. The van der Waals surface area contributed by atoms with Gasteiger partial charge >= 0.3 is 0 Å². The highest BCUT2D eigenvalue weighted by Crippen LogP contribution is 2.23. The number of piperidine rings is 1. The van der Waals surface area contributed by atoms with Crippen LogP contribution in [-0.4, -0.2) is 23.3 Å². The van der Waals surface area contributed by atoms with E-state index in [1.54, 1.807) is 18.2 Å². The molecule has 4 heteroatoms. The largest absolute Gasteiger partial charge is 0.384 e. The Bertz CT molecular complexity index is 459. The van der Waals surface area contributed by atoms with Crippen LogP contribution in [0, 0.1) is 11.2 Å². The SMILES string of the molecule is CCC1CCCCN1Cc1cccc(C(=N)N)c1F. The molecule has 3 N–H and O–H groups in total. The highest BCUT2D eigenvalue weighted by atomic mass is 19.1. The Kier molecular flexibility index (Phi) is 4.53. The molecule has 1 aromatic carbocycles. The Morgan fingerprint density at radius 1 is 1.47 bits per heavy atom. The summed E-state index contributed by atoms with van der Waals surface area (Å²) in [6.07, 6.45) is 4.76. The molecule has 0 bridgehead atoms. The molecule has 0 aliphatic carbocycles. The highest BCUT2D eigenvalue weighted by Gasteiger charge is 2.22. The van der Waals surface area contributed by atoms with Gasteiger partial charge in [-0.3, -0.25) is 10.3 Å². The van der Waals surface area contributed by atoms with Crippen molar-refractivity contribution in [1.82, 2.24) is 4.90 Å². The summed E-state index contributed by atoms with van der Waals surface area (Å²) < 4.78 is 14.3. The molecule has 3 nitrogen and oxygen atoms in total. The second-order valence-corrected chi connectivity index (χ2v) is 5.22. The summed E-state index contributed by atoms with van der Waals surface area (Å²) in [4.78, 5) is 2.35. The first-order valence-electron chi connectivity index (χ1n) is 6.99. The number of nitrogens with zero attached hydrogens (tertiary/aromatic N) is 1. The Morgan fingerprint density at radius 3 is 2.95 bits per heavy atom. The summed E-state index contributed by atoms with van der Waals surface area (Å²) >= 11 is 0. The minimum atomic E-state index is -0.338. The van der Waals surface area contributed by atoms with Gasteiger partial charge in [-0.2, -0.15) is 0 Å². The van der Waals surface area contributed by atoms with Crippen molar-refractivity contribution in [2.45, 2.75) is 45.2 Å². The predicted octanol–water partition coefficient (Wildman–Crippen LogP) is 2.87. The lowest BCUT2D eigenvalue weighted by molar-refractivity contribution is 0.134. The third-order valence-corrected chi connectivity index (χ3v) is 3.96. The molecular formula is C15H22FN3. The van der Waals surface area contributed by atoms with E-state index in [1.165, 1.54) is 19.3 Å². The van der Waals surface area contributed by atoms with E-state index in [2.05, 4.69) is 11.8 Å². The maximum absolute atomic E-state index is 14.3. The van der Waals surface area contributed by atoms with Crippen molar-refractivity contribution in [1.29, 1.82) is 5.41 Å². The molecule has 0 aromatic heterocycles. The lowest BCUT2D eigenvalue weighted by Crippen LogP contribution is -2.38. The average Bonchev–Trinajstić information content (AvgIpc) is 2.41. The normalized spacial score (nSPS) is 20.4. The van der Waals surface area contributed by atoms with Crippen molar-refractivity contribution in [3.8, 4) is 0 Å². The molecule has 1 saturated heterocycles. The summed E-state index contributed by atoms with van der Waals surface area (Å²) in [6, 6.07) is 5.69. The molecule has 1 heterocycles. The Morgan fingerprint density at radius 2 is 2.26 bits per heavy atom. The Labute approximate surface area is 114 Å². The van der Waals surface area contributed by atoms with Crippen molar-refractivity contribution < 1.29 is 4.39 Å². The van der Waals surface area contributed by atoms with Crippen LogP contribution in [0.4, 0.5) is 4.39 Å². The maximum atomic E-state index is 14.3. The van der Waals surface area contributed by atoms with Crippen LogP contribution in [0.25, 0.3) is 0 Å². The first kappa shape index (κ1) is 14.0. The van der Waals surface area contributed by atoms with Gasteiger partial charge in [-0.1, -0.05) is 25.5 Å². The van der Waals surface area contributed by atoms with Gasteiger partial charge in [0.15, 0.2) is 0 Å². The van der Waals surface area contributed by atoms with Crippen molar-refractivity contribution >= 4 is 5.84 Å². The summed E-state index contributed by atoms with van der Waals surface area (Å²) in [5, 5.41) is 7.39. The minimum absolute atomic E-state index is 0.204. The van der Waals surface area contributed by atoms with Gasteiger partial charge in [0.05, 0.1) is 5.56 Å². The standard InChI is InChI=1S/C15H22FN3/c1-2-12-7-3-4-9-19(12)10-11-6-5-8-13(14(11)16)15(17)18/h5-6,8,12H,2-4,7,9-10H2,1H3,(H3,17,18). The molecule has 1 aliphatic rings. The summed E-state index contributed by atoms with van der Waals surface area (Å²) in [7, 11) is 0. The third kappa shape index (κ3) is 3.13. The summed E-state index contributed by atoms with van der Waals surface area (Å²) in [5.41, 5.74) is 6.26. The number of rotatable bonds is 4. The van der Waals surface area contributed by atoms with Crippen molar-refractivity contribution in [2.75, 3.05) is 6.54 Å². The smallest absolute Gasteiger partial charge is 0.138 e. The van der Waals surface area contributed by atoms with E-state index in [0.717, 1.165) is 13.0 Å². The van der Waals surface area contributed by atoms with Gasteiger partial charge < -0.3 is 5.73 Å². The lowest BCUT2D eigenvalue weighted by atomic mass is 9.98. The number of nitrogens with two attached hydrogens (primary N) is 1. The van der Waals surface area contributed by atoms with Crippen molar-refractivity contribution in [3.63, 3.8) is 0 Å². The van der Waals surface area contributed by atoms with E-state index in [0.29, 0.717) is 18.2 Å². The third-order valence-electron chi connectivity index (χ3n) is 3.96. The van der Waals surface area contributed by atoms with Crippen LogP contribution in [-0.2, 0) is 6.54 Å². The molecule has 0 spiro atoms. The van der Waals surface area contributed by atoms with E-state index in [-0.39, 0.29) is 17.2 Å². The first-order chi connectivity index (χ1) is 9.13. The number of likely N-dealkylation sites (tertiary alicyclic amines) is 1. The zero-order valence-electron chi connectivity index (χ0n) is 11.5. The zero-order chi connectivity index (χ0) is 13.8. The van der Waals surface area contributed by atoms with Gasteiger partial charge in [0.2, 0.25) is 0 Å². The van der Waals surface area contributed by atoms with Gasteiger partial charge in [0, 0.05) is 18.2 Å². The van der Waals surface area contributed by atoms with Crippen LogP contribution >= 0.6 is 0 Å². The predicted molar refractivity (Wildman–Crippen MR) is 75.8 cm³/mol. The van der Waals surface area contributed by atoms with E-state index >= 15 is 0 Å². The van der Waals surface area contributed by atoms with Gasteiger partial charge in [-0.05, 0) is 31.9 Å². The molecule has 0 saturated carbocycles. The van der Waals surface area contributed by atoms with Gasteiger partial charge in [-0.15, -0.1) is 0 Å². The van der Waals surface area contributed by atoms with Gasteiger partial charge in [0.25, 0.3) is 0 Å². The van der Waals surface area contributed by atoms with E-state index < -0.39 is 0 Å². The van der Waals surface area contributed by atoms with E-state index in [4.69, 9.17) is 11.1 Å². The molecule has 1 aromatic rings. The van der Waals surface area contributed by atoms with Gasteiger partial charge in [-0.25, -0.2) is 4.39 Å². The van der Waals surface area contributed by atoms with Gasteiger partial charge in [0.1, 0.15) is 11.7 Å². The first-order valence-corrected chi connectivity index (χ1v) is 6.99. The molecule has 2 rings (SSSR count). The average molecular weight is 263 g/mol. The topological polar surface area (TPSA) is 53.1 Å². The van der Waals surface area contributed by atoms with E-state index in [1.807, 2.05) is 0 Å². The molecule has 1 unspecified atom stereocenters. The molecule has 1 aliphatic heterocycles. The number of amidine groups is 1. The number of hydrogen-bond acceptors (Lipinski definition) is 2. The Hall–Kier alpha value is -1.42. The fourth-order valence-corrected chi connectivity index (χ4v) is 2.86. The van der Waals surface area contributed by atoms with Crippen LogP contribution in [0.2, 0.25) is 0 Å².